The predicted molar refractivity (Wildman–Crippen MR) is 139 cm³/mol. The maximum absolute atomic E-state index is 13.7. The van der Waals surface area contributed by atoms with Gasteiger partial charge in [0, 0.05) is 13.1 Å². The van der Waals surface area contributed by atoms with E-state index < -0.39 is 36.3 Å². The maximum atomic E-state index is 13.7. The summed E-state index contributed by atoms with van der Waals surface area (Å²) in [5, 5.41) is 15.4. The zero-order chi connectivity index (χ0) is 26.7. The van der Waals surface area contributed by atoms with Crippen molar-refractivity contribution in [1.29, 1.82) is 0 Å². The molecule has 3 amide bonds. The molecule has 8 nitrogen and oxygen atoms in total. The van der Waals surface area contributed by atoms with Gasteiger partial charge in [0.2, 0.25) is 11.8 Å². The van der Waals surface area contributed by atoms with Gasteiger partial charge in [0.25, 0.3) is 0 Å². The van der Waals surface area contributed by atoms with Crippen molar-refractivity contribution in [2.75, 3.05) is 13.2 Å². The first-order valence-corrected chi connectivity index (χ1v) is 12.4. The average molecular weight is 498 g/mol. The van der Waals surface area contributed by atoms with Crippen molar-refractivity contribution >= 4 is 17.9 Å². The number of carbonyl (C=O) groups excluding carboxylic acids is 3. The Hall–Kier alpha value is -3.39. The van der Waals surface area contributed by atoms with Crippen LogP contribution in [0.5, 0.6) is 0 Å². The van der Waals surface area contributed by atoms with E-state index in [1.807, 2.05) is 68.4 Å². The van der Waals surface area contributed by atoms with Crippen LogP contribution in [0.3, 0.4) is 0 Å². The number of benzene rings is 2. The highest BCUT2D eigenvalue weighted by atomic mass is 16.6. The molecule has 36 heavy (non-hydrogen) atoms. The number of nitrogens with zero attached hydrogens (tertiary/aromatic N) is 1. The first-order chi connectivity index (χ1) is 17.1. The van der Waals surface area contributed by atoms with Crippen LogP contribution in [0.25, 0.3) is 0 Å². The normalized spacial score (nSPS) is 12.8. The Labute approximate surface area is 214 Å². The fourth-order valence-electron chi connectivity index (χ4n) is 3.76. The maximum Gasteiger partial charge on any atom is 0.408 e. The van der Waals surface area contributed by atoms with Gasteiger partial charge in [-0.25, -0.2) is 4.79 Å². The van der Waals surface area contributed by atoms with Crippen LogP contribution in [0.15, 0.2) is 54.6 Å². The molecule has 2 atom stereocenters. The van der Waals surface area contributed by atoms with Gasteiger partial charge in [0.1, 0.15) is 17.7 Å². The Bertz CT molecular complexity index is 1000. The number of aliphatic hydroxyl groups is 1. The minimum absolute atomic E-state index is 0.277. The highest BCUT2D eigenvalue weighted by molar-refractivity contribution is 5.92. The summed E-state index contributed by atoms with van der Waals surface area (Å²) in [5.41, 5.74) is 1.70. The number of ether oxygens (including phenoxy) is 1. The number of alkyl carbamates (subject to hydrolysis) is 1. The van der Waals surface area contributed by atoms with Crippen LogP contribution in [-0.2, 0) is 20.9 Å². The van der Waals surface area contributed by atoms with Crippen LogP contribution in [0.1, 0.15) is 63.3 Å². The monoisotopic (exact) mass is 497 g/mol. The summed E-state index contributed by atoms with van der Waals surface area (Å²) in [5.74, 6) is -0.897. The van der Waals surface area contributed by atoms with Gasteiger partial charge in [-0.05, 0) is 50.8 Å². The first kappa shape index (κ1) is 28.8. The summed E-state index contributed by atoms with van der Waals surface area (Å²) < 4.78 is 5.27. The molecule has 0 saturated carbocycles. The van der Waals surface area contributed by atoms with Crippen molar-refractivity contribution < 1.29 is 24.2 Å². The molecule has 8 heteroatoms. The van der Waals surface area contributed by atoms with E-state index in [4.69, 9.17) is 4.74 Å². The number of carbonyl (C=O) groups is 3. The molecule has 0 fully saturated rings. The lowest BCUT2D eigenvalue weighted by Gasteiger charge is -2.34. The molecule has 2 aromatic carbocycles. The molecular formula is C28H39N3O5. The van der Waals surface area contributed by atoms with Crippen LogP contribution in [0, 0.1) is 6.92 Å². The Kier molecular flexibility index (Phi) is 10.9. The third-order valence-electron chi connectivity index (χ3n) is 5.56. The molecule has 0 aliphatic heterocycles. The van der Waals surface area contributed by atoms with Crippen LogP contribution in [0.4, 0.5) is 4.79 Å². The molecular weight excluding hydrogens is 458 g/mol. The summed E-state index contributed by atoms with van der Waals surface area (Å²) in [4.78, 5) is 41.1. The fraction of sp³-hybridized carbons (Fsp3) is 0.464. The standard InChI is InChI=1S/C28H39N3O5/c1-6-7-17-31(26(34)23(19-32)30-27(35)36-28(3,4)5)24(22-16-12-11-13-20(22)2)25(33)29-18-21-14-9-8-10-15-21/h8-16,23-24,32H,6-7,17-19H2,1-5H3,(H,29,33)(H,30,35). The molecule has 3 N–H and O–H groups in total. The summed E-state index contributed by atoms with van der Waals surface area (Å²) in [6, 6.07) is 14.7. The average Bonchev–Trinajstić information content (AvgIpc) is 2.83. The van der Waals surface area contributed by atoms with Gasteiger partial charge in [0.05, 0.1) is 6.61 Å². The largest absolute Gasteiger partial charge is 0.444 e. The van der Waals surface area contributed by atoms with Crippen molar-refractivity contribution in [2.24, 2.45) is 0 Å². The Morgan fingerprint density at radius 2 is 1.67 bits per heavy atom. The number of aryl methyl sites for hydroxylation is 1. The second kappa shape index (κ2) is 13.6. The molecule has 0 aliphatic carbocycles. The minimum Gasteiger partial charge on any atom is -0.444 e. The molecule has 2 aromatic rings. The zero-order valence-corrected chi connectivity index (χ0v) is 21.9. The molecule has 0 saturated heterocycles. The number of rotatable bonds is 11. The van der Waals surface area contributed by atoms with Gasteiger partial charge in [0.15, 0.2) is 0 Å². The first-order valence-electron chi connectivity index (χ1n) is 12.4. The van der Waals surface area contributed by atoms with Crippen LogP contribution < -0.4 is 10.6 Å². The number of nitrogens with one attached hydrogen (secondary N) is 2. The van der Waals surface area contributed by atoms with Crippen LogP contribution in [-0.4, -0.2) is 52.7 Å². The molecule has 2 unspecified atom stereocenters. The van der Waals surface area contributed by atoms with Gasteiger partial charge in [-0.1, -0.05) is 67.9 Å². The quantitative estimate of drug-likeness (QED) is 0.437. The fourth-order valence-corrected chi connectivity index (χ4v) is 3.76. The third-order valence-corrected chi connectivity index (χ3v) is 5.56. The number of unbranched alkanes of at least 4 members (excludes halogenated alkanes) is 1. The summed E-state index contributed by atoms with van der Waals surface area (Å²) in [6.45, 7) is 8.95. The number of amides is 3. The van der Waals surface area contributed by atoms with E-state index >= 15 is 0 Å². The number of aliphatic hydroxyl groups excluding tert-OH is 1. The van der Waals surface area contributed by atoms with E-state index in [9.17, 15) is 19.5 Å². The van der Waals surface area contributed by atoms with Gasteiger partial charge in [-0.3, -0.25) is 9.59 Å². The van der Waals surface area contributed by atoms with Gasteiger partial charge in [-0.2, -0.15) is 0 Å². The third kappa shape index (κ3) is 8.68. The molecule has 0 heterocycles. The van der Waals surface area contributed by atoms with Crippen molar-refractivity contribution in [3.8, 4) is 0 Å². The Morgan fingerprint density at radius 3 is 2.25 bits per heavy atom. The smallest absolute Gasteiger partial charge is 0.408 e. The lowest BCUT2D eigenvalue weighted by molar-refractivity contribution is -0.143. The lowest BCUT2D eigenvalue weighted by Crippen LogP contribution is -2.54. The van der Waals surface area contributed by atoms with Crippen molar-refractivity contribution in [1.82, 2.24) is 15.5 Å². The van der Waals surface area contributed by atoms with E-state index in [1.54, 1.807) is 20.8 Å². The summed E-state index contributed by atoms with van der Waals surface area (Å²) in [7, 11) is 0. The second-order valence-electron chi connectivity index (χ2n) is 9.73. The second-order valence-corrected chi connectivity index (χ2v) is 9.73. The SMILES string of the molecule is CCCCN(C(=O)C(CO)NC(=O)OC(C)(C)C)C(C(=O)NCc1ccccc1)c1ccccc1C. The van der Waals surface area contributed by atoms with E-state index in [0.29, 0.717) is 18.5 Å². The number of hydrogen-bond acceptors (Lipinski definition) is 5. The van der Waals surface area contributed by atoms with E-state index in [1.165, 1.54) is 4.90 Å². The Balaban J connectivity index is 2.39. The van der Waals surface area contributed by atoms with Gasteiger partial charge >= 0.3 is 6.09 Å². The molecule has 0 spiro atoms. The minimum atomic E-state index is -1.26. The molecule has 0 radical (unpaired) electrons. The highest BCUT2D eigenvalue weighted by Gasteiger charge is 2.36. The topological polar surface area (TPSA) is 108 Å². The molecule has 0 aromatic heterocycles. The van der Waals surface area contributed by atoms with E-state index in [2.05, 4.69) is 10.6 Å². The molecule has 0 aliphatic rings. The molecule has 0 bridgehead atoms. The van der Waals surface area contributed by atoms with Gasteiger partial charge in [-0.15, -0.1) is 0 Å². The van der Waals surface area contributed by atoms with Crippen molar-refractivity contribution in [2.45, 2.75) is 71.7 Å². The van der Waals surface area contributed by atoms with E-state index in [0.717, 1.165) is 17.5 Å². The molecule has 196 valence electrons. The van der Waals surface area contributed by atoms with Crippen LogP contribution >= 0.6 is 0 Å². The number of hydrogen-bond donors (Lipinski definition) is 3. The van der Waals surface area contributed by atoms with Crippen molar-refractivity contribution in [3.05, 3.63) is 71.3 Å². The predicted octanol–water partition coefficient (Wildman–Crippen LogP) is 3.87. The highest BCUT2D eigenvalue weighted by Crippen LogP contribution is 2.26. The molecule has 2 rings (SSSR count). The van der Waals surface area contributed by atoms with Gasteiger partial charge < -0.3 is 25.4 Å². The summed E-state index contributed by atoms with van der Waals surface area (Å²) in [6.07, 6.45) is 0.621. The Morgan fingerprint density at radius 1 is 1.03 bits per heavy atom. The van der Waals surface area contributed by atoms with Crippen LogP contribution in [0.2, 0.25) is 0 Å². The zero-order valence-electron chi connectivity index (χ0n) is 21.9. The van der Waals surface area contributed by atoms with E-state index in [-0.39, 0.29) is 12.5 Å². The van der Waals surface area contributed by atoms with Crippen molar-refractivity contribution in [3.63, 3.8) is 0 Å². The summed E-state index contributed by atoms with van der Waals surface area (Å²) >= 11 is 0. The lowest BCUT2D eigenvalue weighted by atomic mass is 9.97.